The monoisotopic (exact) mass is 333 g/mol. The maximum atomic E-state index is 12.4. The largest absolute Gasteiger partial charge is 0.347 e. The van der Waals surface area contributed by atoms with E-state index in [0.29, 0.717) is 22.0 Å². The molecule has 2 N–H and O–H groups in total. The Labute approximate surface area is 137 Å². The van der Waals surface area contributed by atoms with Crippen molar-refractivity contribution in [3.8, 4) is 10.6 Å². The van der Waals surface area contributed by atoms with Crippen LogP contribution in [0.2, 0.25) is 5.02 Å². The number of benzene rings is 1. The Hall–Kier alpha value is -1.43. The Morgan fingerprint density at radius 2 is 2.14 bits per heavy atom. The first-order valence-corrected chi connectivity index (χ1v) is 8.67. The molecule has 0 aliphatic carbocycles. The van der Waals surface area contributed by atoms with Gasteiger partial charge in [-0.05, 0) is 31.4 Å². The number of rotatable bonds is 3. The number of nitrogens with zero attached hydrogens (tertiary/aromatic N) is 1. The van der Waals surface area contributed by atoms with E-state index in [1.165, 1.54) is 17.8 Å². The van der Waals surface area contributed by atoms with Crippen LogP contribution >= 0.6 is 22.9 Å². The van der Waals surface area contributed by atoms with E-state index in [0.717, 1.165) is 23.4 Å². The van der Waals surface area contributed by atoms with Gasteiger partial charge in [0.15, 0.2) is 0 Å². The van der Waals surface area contributed by atoms with Crippen molar-refractivity contribution in [2.24, 2.45) is 0 Å². The molecule has 2 saturated heterocycles. The number of thiazole rings is 1. The van der Waals surface area contributed by atoms with Gasteiger partial charge in [-0.15, -0.1) is 11.3 Å². The highest BCUT2D eigenvalue weighted by molar-refractivity contribution is 7.16. The lowest BCUT2D eigenvalue weighted by Gasteiger charge is -2.20. The molecule has 1 amide bonds. The van der Waals surface area contributed by atoms with E-state index >= 15 is 0 Å². The van der Waals surface area contributed by atoms with Crippen LogP contribution in [0.4, 0.5) is 0 Å². The number of hydrogen-bond donors (Lipinski definition) is 2. The van der Waals surface area contributed by atoms with Crippen LogP contribution in [-0.4, -0.2) is 29.0 Å². The summed E-state index contributed by atoms with van der Waals surface area (Å²) in [6.45, 7) is 0. The van der Waals surface area contributed by atoms with E-state index in [1.54, 1.807) is 6.20 Å². The predicted molar refractivity (Wildman–Crippen MR) is 88.4 cm³/mol. The summed E-state index contributed by atoms with van der Waals surface area (Å²) in [5.41, 5.74) is 0.982. The van der Waals surface area contributed by atoms with Gasteiger partial charge in [0.1, 0.15) is 9.88 Å². The molecule has 0 radical (unpaired) electrons. The molecule has 2 aromatic rings. The normalized spacial score (nSPS) is 26.3. The van der Waals surface area contributed by atoms with Gasteiger partial charge < -0.3 is 10.6 Å². The molecule has 1 aromatic heterocycles. The van der Waals surface area contributed by atoms with Crippen molar-refractivity contribution >= 4 is 28.8 Å². The lowest BCUT2D eigenvalue weighted by molar-refractivity contribution is 0.0935. The molecule has 4 nitrogen and oxygen atoms in total. The van der Waals surface area contributed by atoms with Crippen molar-refractivity contribution in [3.63, 3.8) is 0 Å². The molecule has 4 rings (SSSR count). The molecule has 2 fully saturated rings. The second kappa shape index (κ2) is 5.65. The highest BCUT2D eigenvalue weighted by Crippen LogP contribution is 2.30. The second-order valence-electron chi connectivity index (χ2n) is 5.90. The number of amides is 1. The summed E-state index contributed by atoms with van der Waals surface area (Å²) >= 11 is 7.31. The molecule has 0 saturated carbocycles. The Morgan fingerprint density at radius 1 is 1.32 bits per heavy atom. The highest BCUT2D eigenvalue weighted by Gasteiger charge is 2.39. The molecule has 22 heavy (non-hydrogen) atoms. The number of hydrogen-bond acceptors (Lipinski definition) is 4. The summed E-state index contributed by atoms with van der Waals surface area (Å²) in [7, 11) is 0. The van der Waals surface area contributed by atoms with Crippen molar-refractivity contribution in [1.29, 1.82) is 0 Å². The number of nitrogens with one attached hydrogen (secondary N) is 2. The fraction of sp³-hybridized carbons (Fsp3) is 0.375. The first kappa shape index (κ1) is 14.2. The second-order valence-corrected chi connectivity index (χ2v) is 7.37. The zero-order valence-corrected chi connectivity index (χ0v) is 13.5. The molecular formula is C16H16ClN3OS. The Bertz CT molecular complexity index is 700. The standard InChI is InChI=1S/C16H16ClN3OS/c17-10-3-1-9(2-4-10)16-18-8-14(22-16)15(21)20-13-7-11-5-6-12(13)19-11/h1-4,8,11-13,19H,5-7H2,(H,20,21)/t11-,12+,13-/m1/s1. The number of carbonyl (C=O) groups is 1. The van der Waals surface area contributed by atoms with Gasteiger partial charge in [0, 0.05) is 28.7 Å². The van der Waals surface area contributed by atoms with Gasteiger partial charge in [0.25, 0.3) is 5.91 Å². The third kappa shape index (κ3) is 2.64. The highest BCUT2D eigenvalue weighted by atomic mass is 35.5. The number of halogens is 1. The average Bonchev–Trinajstić information content (AvgIpc) is 3.24. The van der Waals surface area contributed by atoms with Crippen LogP contribution in [0.15, 0.2) is 30.5 Å². The van der Waals surface area contributed by atoms with Crippen molar-refractivity contribution in [3.05, 3.63) is 40.4 Å². The van der Waals surface area contributed by atoms with E-state index in [4.69, 9.17) is 11.6 Å². The van der Waals surface area contributed by atoms with Crippen LogP contribution in [0, 0.1) is 0 Å². The van der Waals surface area contributed by atoms with Gasteiger partial charge in [-0.2, -0.15) is 0 Å². The minimum atomic E-state index is -0.0166. The lowest BCUT2D eigenvalue weighted by Crippen LogP contribution is -2.42. The van der Waals surface area contributed by atoms with Crippen LogP contribution in [0.3, 0.4) is 0 Å². The third-order valence-corrected chi connectivity index (χ3v) is 5.73. The zero-order chi connectivity index (χ0) is 15.1. The number of fused-ring (bicyclic) bond motifs is 2. The fourth-order valence-electron chi connectivity index (χ4n) is 3.33. The summed E-state index contributed by atoms with van der Waals surface area (Å²) in [6, 6.07) is 8.79. The van der Waals surface area contributed by atoms with Crippen LogP contribution in [0.25, 0.3) is 10.6 Å². The maximum absolute atomic E-state index is 12.4. The zero-order valence-electron chi connectivity index (χ0n) is 11.9. The molecular weight excluding hydrogens is 318 g/mol. The van der Waals surface area contributed by atoms with E-state index in [1.807, 2.05) is 24.3 Å². The summed E-state index contributed by atoms with van der Waals surface area (Å²) in [5.74, 6) is -0.0166. The van der Waals surface area contributed by atoms with E-state index in [-0.39, 0.29) is 11.9 Å². The van der Waals surface area contributed by atoms with Gasteiger partial charge in [0.05, 0.1) is 6.20 Å². The molecule has 1 aromatic carbocycles. The molecule has 3 heterocycles. The summed E-state index contributed by atoms with van der Waals surface area (Å²) in [5, 5.41) is 8.22. The van der Waals surface area contributed by atoms with Gasteiger partial charge in [0.2, 0.25) is 0 Å². The quantitative estimate of drug-likeness (QED) is 0.907. The smallest absolute Gasteiger partial charge is 0.263 e. The summed E-state index contributed by atoms with van der Waals surface area (Å²) in [6.07, 6.45) is 5.09. The van der Waals surface area contributed by atoms with E-state index < -0.39 is 0 Å². The molecule has 2 aliphatic heterocycles. The van der Waals surface area contributed by atoms with Crippen molar-refractivity contribution in [2.45, 2.75) is 37.4 Å². The fourth-order valence-corrected chi connectivity index (χ4v) is 4.28. The SMILES string of the molecule is O=C(N[C@@H]1C[C@H]2CC[C@@H]1N2)c1cnc(-c2ccc(Cl)cc2)s1. The van der Waals surface area contributed by atoms with Crippen molar-refractivity contribution < 1.29 is 4.79 Å². The van der Waals surface area contributed by atoms with Crippen molar-refractivity contribution in [2.75, 3.05) is 0 Å². The number of aromatic nitrogens is 1. The number of carbonyl (C=O) groups excluding carboxylic acids is 1. The minimum absolute atomic E-state index is 0.0166. The Balaban J connectivity index is 1.46. The first-order chi connectivity index (χ1) is 10.7. The average molecular weight is 334 g/mol. The molecule has 114 valence electrons. The van der Waals surface area contributed by atoms with Crippen LogP contribution in [0.1, 0.15) is 28.9 Å². The molecule has 0 unspecified atom stereocenters. The first-order valence-electron chi connectivity index (χ1n) is 7.48. The molecule has 3 atom stereocenters. The summed E-state index contributed by atoms with van der Waals surface area (Å²) < 4.78 is 0. The van der Waals surface area contributed by atoms with Gasteiger partial charge >= 0.3 is 0 Å². The lowest BCUT2D eigenvalue weighted by atomic mass is 9.95. The predicted octanol–water partition coefficient (Wildman–Crippen LogP) is 3.09. The van der Waals surface area contributed by atoms with Crippen molar-refractivity contribution in [1.82, 2.24) is 15.6 Å². The van der Waals surface area contributed by atoms with Gasteiger partial charge in [-0.3, -0.25) is 4.79 Å². The van der Waals surface area contributed by atoms with E-state index in [9.17, 15) is 4.79 Å². The maximum Gasteiger partial charge on any atom is 0.263 e. The molecule has 0 spiro atoms. The Kier molecular flexibility index (Phi) is 3.64. The van der Waals surface area contributed by atoms with E-state index in [2.05, 4.69) is 15.6 Å². The van der Waals surface area contributed by atoms with Gasteiger partial charge in [-0.1, -0.05) is 23.7 Å². The molecule has 6 heteroatoms. The summed E-state index contributed by atoms with van der Waals surface area (Å²) in [4.78, 5) is 17.4. The molecule has 2 bridgehead atoms. The molecule has 2 aliphatic rings. The van der Waals surface area contributed by atoms with Crippen LogP contribution < -0.4 is 10.6 Å². The van der Waals surface area contributed by atoms with Crippen LogP contribution in [-0.2, 0) is 0 Å². The topological polar surface area (TPSA) is 54.0 Å². The minimum Gasteiger partial charge on any atom is -0.347 e. The van der Waals surface area contributed by atoms with Crippen LogP contribution in [0.5, 0.6) is 0 Å². The third-order valence-electron chi connectivity index (χ3n) is 4.44. The Morgan fingerprint density at radius 3 is 2.82 bits per heavy atom. The van der Waals surface area contributed by atoms with Gasteiger partial charge in [-0.25, -0.2) is 4.98 Å².